The van der Waals surface area contributed by atoms with Crippen LogP contribution >= 0.6 is 0 Å². The summed E-state index contributed by atoms with van der Waals surface area (Å²) in [5.74, 6) is -0.00484. The molecular formula is C22H30N4O2. The molecule has 1 aromatic heterocycles. The van der Waals surface area contributed by atoms with E-state index in [1.807, 2.05) is 30.0 Å². The molecule has 2 heterocycles. The third-order valence-electron chi connectivity index (χ3n) is 6.31. The van der Waals surface area contributed by atoms with Crippen LogP contribution in [0.5, 0.6) is 0 Å². The summed E-state index contributed by atoms with van der Waals surface area (Å²) in [6, 6.07) is 8.16. The average Bonchev–Trinajstić information content (AvgIpc) is 2.99. The van der Waals surface area contributed by atoms with Crippen molar-refractivity contribution >= 4 is 16.7 Å². The van der Waals surface area contributed by atoms with Crippen LogP contribution in [-0.2, 0) is 11.3 Å². The number of amides is 1. The number of fused-ring (bicyclic) bond motifs is 1. The van der Waals surface area contributed by atoms with Crippen LogP contribution in [0.4, 0.5) is 0 Å². The SMILES string of the molecule is Cc1nn(CC(=O)N2CCCN(C3CCCCC3)CC2)c(=O)c2ccccc12. The maximum absolute atomic E-state index is 12.9. The van der Waals surface area contributed by atoms with Crippen LogP contribution in [0.25, 0.3) is 10.8 Å². The van der Waals surface area contributed by atoms with Gasteiger partial charge in [-0.05, 0) is 32.3 Å². The minimum Gasteiger partial charge on any atom is -0.340 e. The Morgan fingerprint density at radius 1 is 1.00 bits per heavy atom. The molecule has 28 heavy (non-hydrogen) atoms. The highest BCUT2D eigenvalue weighted by Gasteiger charge is 2.25. The molecule has 150 valence electrons. The summed E-state index contributed by atoms with van der Waals surface area (Å²) >= 11 is 0. The number of carbonyl (C=O) groups excluding carboxylic acids is 1. The van der Waals surface area contributed by atoms with E-state index in [2.05, 4.69) is 10.00 Å². The Labute approximate surface area is 166 Å². The van der Waals surface area contributed by atoms with Gasteiger partial charge in [0.05, 0.1) is 11.1 Å². The van der Waals surface area contributed by atoms with Crippen LogP contribution in [0.1, 0.15) is 44.2 Å². The Morgan fingerprint density at radius 2 is 1.75 bits per heavy atom. The highest BCUT2D eigenvalue weighted by Crippen LogP contribution is 2.23. The van der Waals surface area contributed by atoms with Crippen molar-refractivity contribution in [3.05, 3.63) is 40.3 Å². The third-order valence-corrected chi connectivity index (χ3v) is 6.31. The molecule has 1 saturated carbocycles. The molecule has 2 aliphatic rings. The van der Waals surface area contributed by atoms with E-state index in [4.69, 9.17) is 0 Å². The van der Waals surface area contributed by atoms with Gasteiger partial charge in [0.2, 0.25) is 5.91 Å². The number of nitrogens with zero attached hydrogens (tertiary/aromatic N) is 4. The van der Waals surface area contributed by atoms with Gasteiger partial charge in [0, 0.05) is 37.6 Å². The maximum atomic E-state index is 12.9. The molecule has 1 saturated heterocycles. The van der Waals surface area contributed by atoms with Gasteiger partial charge in [0.1, 0.15) is 6.54 Å². The summed E-state index contributed by atoms with van der Waals surface area (Å²) < 4.78 is 1.34. The summed E-state index contributed by atoms with van der Waals surface area (Å²) in [6.07, 6.45) is 7.62. The largest absolute Gasteiger partial charge is 0.340 e. The zero-order chi connectivity index (χ0) is 19.5. The molecular weight excluding hydrogens is 352 g/mol. The van der Waals surface area contributed by atoms with Crippen molar-refractivity contribution in [3.8, 4) is 0 Å². The highest BCUT2D eigenvalue weighted by molar-refractivity contribution is 5.83. The van der Waals surface area contributed by atoms with E-state index in [1.165, 1.54) is 36.8 Å². The minimum atomic E-state index is -0.187. The normalized spacial score (nSPS) is 19.7. The number of rotatable bonds is 3. The van der Waals surface area contributed by atoms with Crippen molar-refractivity contribution in [3.63, 3.8) is 0 Å². The first kappa shape index (κ1) is 19.1. The van der Waals surface area contributed by atoms with Gasteiger partial charge in [-0.25, -0.2) is 4.68 Å². The topological polar surface area (TPSA) is 58.4 Å². The van der Waals surface area contributed by atoms with Crippen molar-refractivity contribution in [2.24, 2.45) is 0 Å². The number of aryl methyl sites for hydroxylation is 1. The molecule has 2 fully saturated rings. The molecule has 0 spiro atoms. The van der Waals surface area contributed by atoms with Crippen molar-refractivity contribution < 1.29 is 4.79 Å². The van der Waals surface area contributed by atoms with Crippen molar-refractivity contribution in [1.29, 1.82) is 0 Å². The van der Waals surface area contributed by atoms with Crippen LogP contribution in [0.2, 0.25) is 0 Å². The highest BCUT2D eigenvalue weighted by atomic mass is 16.2. The Balaban J connectivity index is 1.44. The minimum absolute atomic E-state index is 0.00484. The van der Waals surface area contributed by atoms with Gasteiger partial charge in [-0.3, -0.25) is 14.5 Å². The summed E-state index contributed by atoms with van der Waals surface area (Å²) in [7, 11) is 0. The second kappa shape index (κ2) is 8.43. The maximum Gasteiger partial charge on any atom is 0.275 e. The summed E-state index contributed by atoms with van der Waals surface area (Å²) in [6.45, 7) is 5.43. The van der Waals surface area contributed by atoms with Crippen LogP contribution in [0, 0.1) is 6.92 Å². The van der Waals surface area contributed by atoms with Gasteiger partial charge < -0.3 is 4.90 Å². The summed E-state index contributed by atoms with van der Waals surface area (Å²) in [5.41, 5.74) is 0.593. The first-order valence-electron chi connectivity index (χ1n) is 10.6. The standard InChI is InChI=1S/C22H30N4O2/c1-17-19-10-5-6-11-20(19)22(28)26(23-17)16-21(27)25-13-7-12-24(14-15-25)18-8-3-2-4-9-18/h5-6,10-11,18H,2-4,7-9,12-16H2,1H3. The van der Waals surface area contributed by atoms with Gasteiger partial charge in [-0.15, -0.1) is 0 Å². The van der Waals surface area contributed by atoms with E-state index in [9.17, 15) is 9.59 Å². The lowest BCUT2D eigenvalue weighted by Gasteiger charge is -2.33. The van der Waals surface area contributed by atoms with Crippen LogP contribution in [-0.4, -0.2) is 57.7 Å². The summed E-state index contributed by atoms with van der Waals surface area (Å²) in [5, 5.41) is 5.88. The molecule has 0 N–H and O–H groups in total. The number of hydrogen-bond donors (Lipinski definition) is 0. The molecule has 0 atom stereocenters. The number of aromatic nitrogens is 2. The molecule has 0 radical (unpaired) electrons. The molecule has 0 unspecified atom stereocenters. The predicted molar refractivity (Wildman–Crippen MR) is 110 cm³/mol. The fourth-order valence-corrected chi connectivity index (χ4v) is 4.74. The van der Waals surface area contributed by atoms with E-state index < -0.39 is 0 Å². The Bertz CT molecular complexity index is 901. The Kier molecular flexibility index (Phi) is 5.76. The van der Waals surface area contributed by atoms with Gasteiger partial charge in [0.15, 0.2) is 0 Å². The quantitative estimate of drug-likeness (QED) is 0.819. The predicted octanol–water partition coefficient (Wildman–Crippen LogP) is 2.57. The molecule has 0 bridgehead atoms. The Morgan fingerprint density at radius 3 is 2.54 bits per heavy atom. The molecule has 1 aromatic carbocycles. The van der Waals surface area contributed by atoms with Gasteiger partial charge in [-0.2, -0.15) is 5.10 Å². The van der Waals surface area contributed by atoms with Crippen LogP contribution in [0.15, 0.2) is 29.1 Å². The number of carbonyl (C=O) groups is 1. The monoisotopic (exact) mass is 382 g/mol. The Hall–Kier alpha value is -2.21. The van der Waals surface area contributed by atoms with Crippen molar-refractivity contribution in [2.45, 2.75) is 58.0 Å². The van der Waals surface area contributed by atoms with Crippen molar-refractivity contribution in [2.75, 3.05) is 26.2 Å². The van der Waals surface area contributed by atoms with Gasteiger partial charge >= 0.3 is 0 Å². The zero-order valence-electron chi connectivity index (χ0n) is 16.8. The molecule has 2 aromatic rings. The van der Waals surface area contributed by atoms with Crippen LogP contribution < -0.4 is 5.56 Å². The second-order valence-corrected chi connectivity index (χ2v) is 8.16. The molecule has 4 rings (SSSR count). The molecule has 1 aliphatic carbocycles. The smallest absolute Gasteiger partial charge is 0.275 e. The fourth-order valence-electron chi connectivity index (χ4n) is 4.74. The molecule has 1 amide bonds. The summed E-state index contributed by atoms with van der Waals surface area (Å²) in [4.78, 5) is 30.2. The lowest BCUT2D eigenvalue weighted by molar-refractivity contribution is -0.132. The lowest BCUT2D eigenvalue weighted by atomic mass is 9.94. The lowest BCUT2D eigenvalue weighted by Crippen LogP contribution is -2.42. The molecule has 1 aliphatic heterocycles. The number of hydrogen-bond acceptors (Lipinski definition) is 4. The van der Waals surface area contributed by atoms with E-state index in [0.29, 0.717) is 11.4 Å². The van der Waals surface area contributed by atoms with Gasteiger partial charge in [-0.1, -0.05) is 37.5 Å². The first-order chi connectivity index (χ1) is 13.6. The van der Waals surface area contributed by atoms with Crippen molar-refractivity contribution in [1.82, 2.24) is 19.6 Å². The van der Waals surface area contributed by atoms with E-state index in [1.54, 1.807) is 6.07 Å². The van der Waals surface area contributed by atoms with E-state index >= 15 is 0 Å². The zero-order valence-corrected chi connectivity index (χ0v) is 16.8. The first-order valence-corrected chi connectivity index (χ1v) is 10.6. The molecule has 6 heteroatoms. The second-order valence-electron chi connectivity index (χ2n) is 8.16. The van der Waals surface area contributed by atoms with E-state index in [-0.39, 0.29) is 18.0 Å². The van der Waals surface area contributed by atoms with Gasteiger partial charge in [0.25, 0.3) is 5.56 Å². The molecule has 6 nitrogen and oxygen atoms in total. The van der Waals surface area contributed by atoms with E-state index in [0.717, 1.165) is 43.7 Å². The fraction of sp³-hybridized carbons (Fsp3) is 0.591. The number of benzene rings is 1. The third kappa shape index (κ3) is 3.97. The van der Waals surface area contributed by atoms with Crippen LogP contribution in [0.3, 0.4) is 0 Å². The average molecular weight is 383 g/mol.